The van der Waals surface area contributed by atoms with Crippen molar-refractivity contribution in [2.45, 2.75) is 38.8 Å². The van der Waals surface area contributed by atoms with Crippen molar-refractivity contribution in [3.63, 3.8) is 0 Å². The Kier molecular flexibility index (Phi) is 7.83. The summed E-state index contributed by atoms with van der Waals surface area (Å²) in [5.41, 5.74) is 0. The van der Waals surface area contributed by atoms with Gasteiger partial charge in [-0.25, -0.2) is 4.79 Å². The Balaban J connectivity index is 2.54. The van der Waals surface area contributed by atoms with Crippen LogP contribution in [-0.2, 0) is 19.1 Å². The molecule has 2 amide bonds. The Labute approximate surface area is 126 Å². The highest BCUT2D eigenvalue weighted by Crippen LogP contribution is 2.25. The normalized spacial score (nSPS) is 23.2. The Morgan fingerprint density at radius 1 is 1.40 bits per heavy atom. The molecule has 8 heteroatoms. The third-order valence-corrected chi connectivity index (χ3v) is 5.01. The zero-order valence-corrected chi connectivity index (χ0v) is 13.3. The van der Waals surface area contributed by atoms with E-state index in [1.807, 2.05) is 6.92 Å². The highest BCUT2D eigenvalue weighted by atomic mass is 33.1. The molecule has 1 aliphatic rings. The lowest BCUT2D eigenvalue weighted by Gasteiger charge is -2.24. The fraction of sp³-hybridized carbons (Fsp3) is 0.750. The molecule has 1 rings (SSSR count). The first-order valence-corrected chi connectivity index (χ1v) is 9.02. The van der Waals surface area contributed by atoms with E-state index in [4.69, 9.17) is 4.74 Å². The molecule has 6 nitrogen and oxygen atoms in total. The summed E-state index contributed by atoms with van der Waals surface area (Å²) in [6.07, 6.45) is 1.75. The van der Waals surface area contributed by atoms with Crippen molar-refractivity contribution >= 4 is 39.4 Å². The molecule has 0 aromatic heterocycles. The molecule has 20 heavy (non-hydrogen) atoms. The van der Waals surface area contributed by atoms with Gasteiger partial charge >= 0.3 is 5.97 Å². The smallest absolute Gasteiger partial charge is 0.329 e. The molecule has 1 saturated heterocycles. The number of esters is 1. The highest BCUT2D eigenvalue weighted by molar-refractivity contribution is 8.76. The molecule has 0 radical (unpaired) electrons. The Bertz CT molecular complexity index is 365. The largest absolute Gasteiger partial charge is 0.464 e. The number of hydrogen-bond acceptors (Lipinski definition) is 6. The van der Waals surface area contributed by atoms with Gasteiger partial charge in [-0.05, 0) is 6.42 Å². The SMILES string of the molecule is CCCCOC(=O)[C@@H]1CSSC[C@@H](NC(C)=O)C(=O)N1. The maximum Gasteiger partial charge on any atom is 0.329 e. The second-order valence-electron chi connectivity index (χ2n) is 4.40. The molecule has 2 atom stereocenters. The predicted octanol–water partition coefficient (Wildman–Crippen LogP) is 0.714. The molecular formula is C12H20N2O4S2. The van der Waals surface area contributed by atoms with E-state index in [1.54, 1.807) is 0 Å². The van der Waals surface area contributed by atoms with E-state index in [0.717, 1.165) is 12.8 Å². The Hall–Kier alpha value is -0.890. The van der Waals surface area contributed by atoms with Gasteiger partial charge in [-0.2, -0.15) is 0 Å². The zero-order valence-electron chi connectivity index (χ0n) is 11.6. The minimum atomic E-state index is -0.659. The lowest BCUT2D eigenvalue weighted by molar-refractivity contribution is -0.147. The summed E-state index contributed by atoms with van der Waals surface area (Å²) in [5, 5.41) is 5.21. The second-order valence-corrected chi connectivity index (χ2v) is 6.96. The number of unbranched alkanes of at least 4 members (excludes halogenated alkanes) is 1. The molecule has 0 aromatic rings. The van der Waals surface area contributed by atoms with E-state index in [-0.39, 0.29) is 11.8 Å². The third kappa shape index (κ3) is 6.04. The van der Waals surface area contributed by atoms with Gasteiger partial charge in [0.25, 0.3) is 0 Å². The van der Waals surface area contributed by atoms with Gasteiger partial charge in [0.1, 0.15) is 12.1 Å². The van der Waals surface area contributed by atoms with Gasteiger partial charge in [-0.15, -0.1) is 0 Å². The van der Waals surface area contributed by atoms with Gasteiger partial charge in [0.15, 0.2) is 0 Å². The van der Waals surface area contributed by atoms with Crippen molar-refractivity contribution in [1.29, 1.82) is 0 Å². The standard InChI is InChI=1S/C12H20N2O4S2/c1-3-4-5-18-12(17)10-7-20-19-6-9(11(16)14-10)13-8(2)15/h9-10H,3-7H2,1-2H3,(H,13,15)(H,14,16)/t9-,10+/m1/s1. The average Bonchev–Trinajstić information content (AvgIpc) is 2.38. The van der Waals surface area contributed by atoms with Crippen LogP contribution in [-0.4, -0.2) is 48.0 Å². The Morgan fingerprint density at radius 3 is 2.75 bits per heavy atom. The van der Waals surface area contributed by atoms with Crippen molar-refractivity contribution in [3.05, 3.63) is 0 Å². The summed E-state index contributed by atoms with van der Waals surface area (Å²) in [6.45, 7) is 3.74. The van der Waals surface area contributed by atoms with Gasteiger partial charge < -0.3 is 15.4 Å². The number of carbonyl (C=O) groups is 3. The van der Waals surface area contributed by atoms with Crippen LogP contribution < -0.4 is 10.6 Å². The Morgan fingerprint density at radius 2 is 2.10 bits per heavy atom. The second kappa shape index (κ2) is 9.12. The molecule has 0 aromatic carbocycles. The van der Waals surface area contributed by atoms with Gasteiger partial charge in [-0.1, -0.05) is 34.9 Å². The summed E-state index contributed by atoms with van der Waals surface area (Å²) in [7, 11) is 2.95. The number of ether oxygens (including phenoxy) is 1. The lowest BCUT2D eigenvalue weighted by atomic mass is 10.2. The molecular weight excluding hydrogens is 300 g/mol. The minimum Gasteiger partial charge on any atom is -0.464 e. The maximum atomic E-state index is 12.0. The molecule has 114 valence electrons. The van der Waals surface area contributed by atoms with Crippen molar-refractivity contribution in [2.24, 2.45) is 0 Å². The van der Waals surface area contributed by atoms with Gasteiger partial charge in [-0.3, -0.25) is 9.59 Å². The summed E-state index contributed by atoms with van der Waals surface area (Å²) >= 11 is 0. The minimum absolute atomic E-state index is 0.265. The van der Waals surface area contributed by atoms with Crippen LogP contribution in [0.5, 0.6) is 0 Å². The van der Waals surface area contributed by atoms with E-state index < -0.39 is 18.1 Å². The molecule has 0 bridgehead atoms. The van der Waals surface area contributed by atoms with Crippen molar-refractivity contribution in [1.82, 2.24) is 10.6 Å². The summed E-state index contributed by atoms with van der Waals surface area (Å²) < 4.78 is 5.12. The van der Waals surface area contributed by atoms with Crippen LogP contribution in [0.4, 0.5) is 0 Å². The molecule has 0 spiro atoms. The van der Waals surface area contributed by atoms with E-state index in [0.29, 0.717) is 18.1 Å². The first kappa shape index (κ1) is 17.2. The predicted molar refractivity (Wildman–Crippen MR) is 80.3 cm³/mol. The van der Waals surface area contributed by atoms with Crippen LogP contribution in [0.1, 0.15) is 26.7 Å². The average molecular weight is 320 g/mol. The fourth-order valence-electron chi connectivity index (χ4n) is 1.52. The van der Waals surface area contributed by atoms with Crippen LogP contribution in [0, 0.1) is 0 Å². The molecule has 0 aliphatic carbocycles. The van der Waals surface area contributed by atoms with Crippen LogP contribution in [0.25, 0.3) is 0 Å². The summed E-state index contributed by atoms with van der Waals surface area (Å²) in [4.78, 5) is 34.9. The highest BCUT2D eigenvalue weighted by Gasteiger charge is 2.29. The molecule has 1 aliphatic heterocycles. The van der Waals surface area contributed by atoms with Crippen molar-refractivity contribution < 1.29 is 19.1 Å². The topological polar surface area (TPSA) is 84.5 Å². The number of nitrogens with one attached hydrogen (secondary N) is 2. The monoisotopic (exact) mass is 320 g/mol. The van der Waals surface area contributed by atoms with Gasteiger partial charge in [0.05, 0.1) is 6.61 Å². The van der Waals surface area contributed by atoms with Crippen molar-refractivity contribution in [2.75, 3.05) is 18.1 Å². The van der Waals surface area contributed by atoms with E-state index >= 15 is 0 Å². The fourth-order valence-corrected chi connectivity index (χ4v) is 3.83. The number of carbonyl (C=O) groups excluding carboxylic acids is 3. The first-order chi connectivity index (χ1) is 9.54. The quantitative estimate of drug-likeness (QED) is 0.441. The first-order valence-electron chi connectivity index (χ1n) is 6.53. The van der Waals surface area contributed by atoms with Crippen LogP contribution in [0.2, 0.25) is 0 Å². The van der Waals surface area contributed by atoms with Crippen LogP contribution >= 0.6 is 21.6 Å². The molecule has 2 N–H and O–H groups in total. The number of rotatable bonds is 5. The molecule has 0 saturated carbocycles. The van der Waals surface area contributed by atoms with Crippen LogP contribution in [0.3, 0.4) is 0 Å². The van der Waals surface area contributed by atoms with Gasteiger partial charge in [0.2, 0.25) is 11.8 Å². The maximum absolute atomic E-state index is 12.0. The zero-order chi connectivity index (χ0) is 15.0. The van der Waals surface area contributed by atoms with E-state index in [1.165, 1.54) is 28.5 Å². The van der Waals surface area contributed by atoms with E-state index in [9.17, 15) is 14.4 Å². The summed E-state index contributed by atoms with van der Waals surface area (Å²) in [5.74, 6) is -0.0748. The lowest BCUT2D eigenvalue weighted by Crippen LogP contribution is -2.54. The number of hydrogen-bond donors (Lipinski definition) is 2. The third-order valence-electron chi connectivity index (χ3n) is 2.59. The van der Waals surface area contributed by atoms with Gasteiger partial charge in [0, 0.05) is 18.4 Å². The molecule has 0 unspecified atom stereocenters. The van der Waals surface area contributed by atoms with Crippen molar-refractivity contribution in [3.8, 4) is 0 Å². The number of amides is 2. The summed E-state index contributed by atoms with van der Waals surface area (Å²) in [6, 6.07) is -1.27. The van der Waals surface area contributed by atoms with E-state index in [2.05, 4.69) is 10.6 Å². The molecule has 1 heterocycles. The van der Waals surface area contributed by atoms with Crippen LogP contribution in [0.15, 0.2) is 0 Å². The molecule has 1 fully saturated rings.